The van der Waals surface area contributed by atoms with E-state index in [9.17, 15) is 8.42 Å². The van der Waals surface area contributed by atoms with Crippen LogP contribution in [0.2, 0.25) is 5.02 Å². The van der Waals surface area contributed by atoms with Crippen LogP contribution >= 0.6 is 24.2 Å². The van der Waals surface area contributed by atoms with E-state index in [-0.39, 0.29) is 0 Å². The van der Waals surface area contributed by atoms with E-state index < -0.39 is 15.9 Å². The van der Waals surface area contributed by atoms with Crippen molar-refractivity contribution < 1.29 is 17.5 Å². The van der Waals surface area contributed by atoms with E-state index in [1.165, 1.54) is 0 Å². The Bertz CT molecular complexity index is 447. The van der Waals surface area contributed by atoms with Gasteiger partial charge in [0, 0.05) is 17.4 Å². The molecule has 0 atom stereocenters. The van der Waals surface area contributed by atoms with Crippen molar-refractivity contribution in [2.75, 3.05) is 5.75 Å². The first-order valence-corrected chi connectivity index (χ1v) is 6.78. The van der Waals surface area contributed by atoms with E-state index in [4.69, 9.17) is 16.2 Å². The summed E-state index contributed by atoms with van der Waals surface area (Å²) in [4.78, 5) is 0. The van der Waals surface area contributed by atoms with Crippen LogP contribution in [0.4, 0.5) is 0 Å². The smallest absolute Gasteiger partial charge is 0.269 e. The molecule has 0 saturated heterocycles. The van der Waals surface area contributed by atoms with Gasteiger partial charge >= 0.3 is 0 Å². The Morgan fingerprint density at radius 2 is 2.20 bits per heavy atom. The zero-order valence-corrected chi connectivity index (χ0v) is 10.3. The molecule has 1 N–H and O–H groups in total. The molecule has 0 unspecified atom stereocenters. The Hall–Kier alpha value is -0.300. The van der Waals surface area contributed by atoms with Crippen LogP contribution in [-0.4, -0.2) is 18.7 Å². The summed E-state index contributed by atoms with van der Waals surface area (Å²) in [7, 11) is -4.03. The third-order valence-corrected chi connectivity index (χ3v) is 2.97. The summed E-state index contributed by atoms with van der Waals surface area (Å²) >= 11 is 9.91. The molecule has 0 aliphatic rings. The molecular weight excluding hydrogens is 258 g/mol. The van der Waals surface area contributed by atoms with Gasteiger partial charge in [-0.25, -0.2) is 4.57 Å². The number of aryl methyl sites for hydroxylation is 1. The molecule has 1 rings (SSSR count). The number of aromatic nitrogens is 1. The first-order chi connectivity index (χ1) is 6.92. The Morgan fingerprint density at radius 3 is 2.67 bits per heavy atom. The van der Waals surface area contributed by atoms with Gasteiger partial charge in [-0.1, -0.05) is 11.6 Å². The van der Waals surface area contributed by atoms with Gasteiger partial charge in [-0.15, -0.1) is 0 Å². The van der Waals surface area contributed by atoms with E-state index in [0.717, 1.165) is 0 Å². The molecule has 15 heavy (non-hydrogen) atoms. The standard InChI is InChI=1S/C8H10ClNO3S2/c9-8-5-10(3-4-14)2-1-7(8)6-15(11,12)13/h1-2,5H,3-4,6H2,(H-,11,12,13,14)/p+1. The molecule has 4 nitrogen and oxygen atoms in total. The third kappa shape index (κ3) is 4.38. The topological polar surface area (TPSA) is 58.3 Å². The van der Waals surface area contributed by atoms with Crippen molar-refractivity contribution >= 4 is 34.3 Å². The first kappa shape index (κ1) is 12.8. The maximum atomic E-state index is 10.6. The van der Waals surface area contributed by atoms with Crippen LogP contribution < -0.4 is 4.57 Å². The second kappa shape index (κ2) is 5.16. The van der Waals surface area contributed by atoms with E-state index in [2.05, 4.69) is 12.6 Å². The predicted octanol–water partition coefficient (Wildman–Crippen LogP) is 0.945. The number of nitrogens with zero attached hydrogens (tertiary/aromatic N) is 1. The molecule has 1 heterocycles. The van der Waals surface area contributed by atoms with Gasteiger partial charge in [0.05, 0.1) is 0 Å². The van der Waals surface area contributed by atoms with Gasteiger partial charge in [0.25, 0.3) is 10.1 Å². The highest BCUT2D eigenvalue weighted by Crippen LogP contribution is 2.15. The Labute approximate surface area is 99.0 Å². The average Bonchev–Trinajstić information content (AvgIpc) is 2.08. The molecule has 0 amide bonds. The number of rotatable bonds is 4. The van der Waals surface area contributed by atoms with E-state index >= 15 is 0 Å². The molecule has 0 aliphatic carbocycles. The lowest BCUT2D eigenvalue weighted by Gasteiger charge is -2.00. The van der Waals surface area contributed by atoms with Gasteiger partial charge < -0.3 is 0 Å². The fourth-order valence-corrected chi connectivity index (χ4v) is 2.32. The fourth-order valence-electron chi connectivity index (χ4n) is 1.10. The first-order valence-electron chi connectivity index (χ1n) is 4.16. The van der Waals surface area contributed by atoms with Gasteiger partial charge in [-0.05, 0) is 0 Å². The van der Waals surface area contributed by atoms with Crippen molar-refractivity contribution in [1.29, 1.82) is 0 Å². The van der Waals surface area contributed by atoms with Crippen molar-refractivity contribution in [3.8, 4) is 0 Å². The molecule has 7 heteroatoms. The van der Waals surface area contributed by atoms with E-state index in [1.54, 1.807) is 23.0 Å². The average molecular weight is 269 g/mol. The Morgan fingerprint density at radius 1 is 1.53 bits per heavy atom. The number of thiol groups is 1. The number of hydrogen-bond donors (Lipinski definition) is 2. The van der Waals surface area contributed by atoms with Gasteiger partial charge in [0.15, 0.2) is 18.9 Å². The van der Waals surface area contributed by atoms with Crippen molar-refractivity contribution in [2.24, 2.45) is 0 Å². The minimum absolute atomic E-state index is 0.317. The third-order valence-electron chi connectivity index (χ3n) is 1.75. The largest absolute Gasteiger partial charge is 0.285 e. The lowest BCUT2D eigenvalue weighted by molar-refractivity contribution is -0.692. The molecule has 0 bridgehead atoms. The normalized spacial score (nSPS) is 11.7. The summed E-state index contributed by atoms with van der Waals surface area (Å²) in [5.74, 6) is 0.201. The summed E-state index contributed by atoms with van der Waals surface area (Å²) in [6.07, 6.45) is 3.31. The molecule has 0 radical (unpaired) electrons. The van der Waals surface area contributed by atoms with Crippen LogP contribution in [0.5, 0.6) is 0 Å². The predicted molar refractivity (Wildman–Crippen MR) is 60.8 cm³/mol. The van der Waals surface area contributed by atoms with Crippen LogP contribution in [0.1, 0.15) is 5.56 Å². The van der Waals surface area contributed by atoms with Crippen LogP contribution in [0, 0.1) is 0 Å². The lowest BCUT2D eigenvalue weighted by atomic mass is 10.3. The monoisotopic (exact) mass is 268 g/mol. The lowest BCUT2D eigenvalue weighted by Crippen LogP contribution is -2.34. The molecule has 0 aromatic carbocycles. The van der Waals surface area contributed by atoms with Gasteiger partial charge in [-0.2, -0.15) is 21.0 Å². The van der Waals surface area contributed by atoms with Crippen LogP contribution in [0.25, 0.3) is 0 Å². The van der Waals surface area contributed by atoms with Crippen molar-refractivity contribution in [3.63, 3.8) is 0 Å². The highest BCUT2D eigenvalue weighted by Gasteiger charge is 2.13. The van der Waals surface area contributed by atoms with Gasteiger partial charge in [0.2, 0.25) is 0 Å². The van der Waals surface area contributed by atoms with Gasteiger partial charge in [0.1, 0.15) is 10.8 Å². The molecule has 1 aromatic heterocycles. The van der Waals surface area contributed by atoms with Gasteiger partial charge in [-0.3, -0.25) is 4.55 Å². The summed E-state index contributed by atoms with van der Waals surface area (Å²) in [6, 6.07) is 1.57. The molecule has 1 aromatic rings. The highest BCUT2D eigenvalue weighted by molar-refractivity contribution is 7.85. The number of hydrogen-bond acceptors (Lipinski definition) is 3. The molecule has 0 spiro atoms. The molecule has 0 aliphatic heterocycles. The van der Waals surface area contributed by atoms with Crippen molar-refractivity contribution in [3.05, 3.63) is 29.0 Å². The summed E-state index contributed by atoms with van der Waals surface area (Å²) < 4.78 is 31.7. The Balaban J connectivity index is 2.93. The van der Waals surface area contributed by atoms with E-state index in [0.29, 0.717) is 22.9 Å². The molecule has 0 fully saturated rings. The number of halogens is 1. The molecule has 84 valence electrons. The fraction of sp³-hybridized carbons (Fsp3) is 0.375. The maximum Gasteiger partial charge on any atom is 0.269 e. The van der Waals surface area contributed by atoms with Crippen LogP contribution in [-0.2, 0) is 22.4 Å². The highest BCUT2D eigenvalue weighted by atomic mass is 35.5. The zero-order chi connectivity index (χ0) is 11.5. The second-order valence-corrected chi connectivity index (χ2v) is 5.31. The summed E-state index contributed by atoms with van der Waals surface area (Å²) in [5.41, 5.74) is 0.384. The quantitative estimate of drug-likeness (QED) is 0.486. The maximum absolute atomic E-state index is 10.6. The second-order valence-electron chi connectivity index (χ2n) is 3.01. The minimum atomic E-state index is -4.03. The molecular formula is C8H11ClNO3S2+. The van der Waals surface area contributed by atoms with Crippen LogP contribution in [0.15, 0.2) is 18.5 Å². The van der Waals surface area contributed by atoms with Crippen LogP contribution in [0.3, 0.4) is 0 Å². The summed E-state index contributed by atoms with van der Waals surface area (Å²) in [5, 5.41) is 0.317. The molecule has 0 saturated carbocycles. The minimum Gasteiger partial charge on any atom is -0.285 e. The SMILES string of the molecule is O=S(=O)(O)Cc1cc[n+](CCS)cc1Cl. The van der Waals surface area contributed by atoms with Crippen molar-refractivity contribution in [2.45, 2.75) is 12.3 Å². The Kier molecular flexibility index (Phi) is 4.39. The summed E-state index contributed by atoms with van der Waals surface area (Å²) in [6.45, 7) is 0.689. The van der Waals surface area contributed by atoms with E-state index in [1.807, 2.05) is 0 Å². The number of pyridine rings is 1. The zero-order valence-electron chi connectivity index (χ0n) is 7.80. The van der Waals surface area contributed by atoms with Crippen molar-refractivity contribution in [1.82, 2.24) is 0 Å².